The molecule has 11 nitrogen and oxygen atoms in total. The van der Waals surface area contributed by atoms with E-state index in [2.05, 4.69) is 10.6 Å². The first-order chi connectivity index (χ1) is 21.8. The fourth-order valence-corrected chi connectivity index (χ4v) is 6.20. The van der Waals surface area contributed by atoms with Crippen LogP contribution in [0, 0.1) is 11.8 Å². The summed E-state index contributed by atoms with van der Waals surface area (Å²) < 4.78 is 5.37. The van der Waals surface area contributed by atoms with Gasteiger partial charge < -0.3 is 30.1 Å². The van der Waals surface area contributed by atoms with Crippen molar-refractivity contribution in [1.29, 1.82) is 0 Å². The lowest BCUT2D eigenvalue weighted by Gasteiger charge is -2.30. The fourth-order valence-electron chi connectivity index (χ4n) is 6.20. The monoisotopic (exact) mass is 633 g/mol. The number of amides is 4. The Kier molecular flexibility index (Phi) is 11.4. The van der Waals surface area contributed by atoms with Gasteiger partial charge in [0.05, 0.1) is 12.6 Å². The highest BCUT2D eigenvalue weighted by Gasteiger charge is 2.53. The third-order valence-electron chi connectivity index (χ3n) is 8.46. The zero-order valence-electron chi connectivity index (χ0n) is 27.7. The lowest BCUT2D eigenvalue weighted by Crippen LogP contribution is -2.53. The van der Waals surface area contributed by atoms with Crippen LogP contribution in [0.1, 0.15) is 62.9 Å². The van der Waals surface area contributed by atoms with Crippen LogP contribution in [0.5, 0.6) is 0 Å². The van der Waals surface area contributed by atoms with Crippen LogP contribution in [0.15, 0.2) is 54.6 Å². The molecule has 2 aromatic rings. The lowest BCUT2D eigenvalue weighted by molar-refractivity contribution is -0.138. The second-order valence-electron chi connectivity index (χ2n) is 13.3. The first kappa shape index (κ1) is 34.5. The van der Waals surface area contributed by atoms with Gasteiger partial charge in [0.25, 0.3) is 5.91 Å². The molecule has 0 aromatic heterocycles. The zero-order chi connectivity index (χ0) is 33.5. The number of nitrogens with zero attached hydrogens (tertiary/aromatic N) is 3. The smallest absolute Gasteiger partial charge is 0.408 e. The van der Waals surface area contributed by atoms with E-state index in [0.717, 1.165) is 11.3 Å². The summed E-state index contributed by atoms with van der Waals surface area (Å²) in [6.45, 7) is 8.04. The van der Waals surface area contributed by atoms with Crippen LogP contribution in [0.3, 0.4) is 0 Å². The van der Waals surface area contributed by atoms with Gasteiger partial charge in [-0.1, -0.05) is 58.0 Å². The van der Waals surface area contributed by atoms with Gasteiger partial charge in [-0.05, 0) is 60.9 Å². The number of ether oxygens (including phenoxy) is 1. The van der Waals surface area contributed by atoms with Crippen molar-refractivity contribution in [3.05, 3.63) is 65.7 Å². The number of carbonyl (C=O) groups excluding carboxylic acids is 5. The number of rotatable bonds is 12. The molecule has 248 valence electrons. The van der Waals surface area contributed by atoms with Crippen molar-refractivity contribution in [2.24, 2.45) is 11.8 Å². The zero-order valence-corrected chi connectivity index (χ0v) is 27.7. The van der Waals surface area contributed by atoms with Gasteiger partial charge >= 0.3 is 6.09 Å². The standard InChI is InChI=1S/C35H47N5O6/c1-22(2)18-27(36-32(42)25-12-14-26(15-13-25)38(5)6)33(43)39-17-16-29-31(39)30(41)20-40(29)34(44)28(19-23(3)4)37-35(45)46-21-24-10-8-7-9-11-24/h7-15,22-23,27-29,31H,16-21H2,1-6H3,(H,36,42)(H,37,45)/t27-,28-,29+,31?/m0/s1. The molecule has 0 saturated carbocycles. The highest BCUT2D eigenvalue weighted by atomic mass is 16.5. The summed E-state index contributed by atoms with van der Waals surface area (Å²) in [5, 5.41) is 5.62. The Morgan fingerprint density at radius 3 is 2.02 bits per heavy atom. The van der Waals surface area contributed by atoms with Crippen LogP contribution in [0.2, 0.25) is 0 Å². The number of hydrogen-bond acceptors (Lipinski definition) is 7. The maximum Gasteiger partial charge on any atom is 0.408 e. The number of Topliss-reactive ketones (excluding diaryl/α,β-unsaturated/α-hetero) is 1. The molecule has 11 heteroatoms. The average Bonchev–Trinajstić information content (AvgIpc) is 3.60. The summed E-state index contributed by atoms with van der Waals surface area (Å²) in [6.07, 6.45) is 0.477. The highest BCUT2D eigenvalue weighted by molar-refractivity contribution is 6.01. The molecule has 2 fully saturated rings. The number of anilines is 1. The minimum Gasteiger partial charge on any atom is -0.445 e. The van der Waals surface area contributed by atoms with Gasteiger partial charge in [0.15, 0.2) is 5.78 Å². The first-order valence-corrected chi connectivity index (χ1v) is 16.0. The molecule has 2 heterocycles. The SMILES string of the molecule is CC(C)C[C@H](NC(=O)c1ccc(N(C)C)cc1)C(=O)N1CC[C@@H]2C1C(=O)CN2C(=O)[C@H](CC(C)C)NC(=O)OCc1ccccc1. The molecular weight excluding hydrogens is 586 g/mol. The van der Waals surface area contributed by atoms with Crippen molar-refractivity contribution in [1.82, 2.24) is 20.4 Å². The van der Waals surface area contributed by atoms with E-state index in [0.29, 0.717) is 24.8 Å². The molecule has 4 rings (SSSR count). The molecule has 2 aliphatic heterocycles. The largest absolute Gasteiger partial charge is 0.445 e. The van der Waals surface area contributed by atoms with Crippen LogP contribution >= 0.6 is 0 Å². The van der Waals surface area contributed by atoms with Crippen LogP contribution < -0.4 is 15.5 Å². The summed E-state index contributed by atoms with van der Waals surface area (Å²) in [5.41, 5.74) is 2.21. The summed E-state index contributed by atoms with van der Waals surface area (Å²) in [4.78, 5) is 72.0. The number of ketones is 1. The van der Waals surface area contributed by atoms with Crippen LogP contribution in [0.25, 0.3) is 0 Å². The molecule has 2 saturated heterocycles. The lowest BCUT2D eigenvalue weighted by atomic mass is 10.0. The highest BCUT2D eigenvalue weighted by Crippen LogP contribution is 2.32. The normalized spacial score (nSPS) is 18.7. The van der Waals surface area contributed by atoms with Crippen molar-refractivity contribution < 1.29 is 28.7 Å². The molecule has 4 atom stereocenters. The van der Waals surface area contributed by atoms with E-state index < -0.39 is 30.3 Å². The molecule has 4 amide bonds. The van der Waals surface area contributed by atoms with Crippen molar-refractivity contribution in [3.63, 3.8) is 0 Å². The van der Waals surface area contributed by atoms with Gasteiger partial charge in [-0.15, -0.1) is 0 Å². The minimum atomic E-state index is -0.883. The maximum absolute atomic E-state index is 13.9. The van der Waals surface area contributed by atoms with E-state index in [4.69, 9.17) is 4.74 Å². The Morgan fingerprint density at radius 1 is 0.848 bits per heavy atom. The van der Waals surface area contributed by atoms with Crippen molar-refractivity contribution in [2.45, 2.75) is 77.7 Å². The number of hydrogen-bond donors (Lipinski definition) is 2. The van der Waals surface area contributed by atoms with Gasteiger partial charge in [-0.25, -0.2) is 4.79 Å². The van der Waals surface area contributed by atoms with Crippen molar-refractivity contribution >= 4 is 35.3 Å². The van der Waals surface area contributed by atoms with E-state index in [-0.39, 0.29) is 55.0 Å². The van der Waals surface area contributed by atoms with Gasteiger partial charge in [-0.3, -0.25) is 19.2 Å². The minimum absolute atomic E-state index is 0.0642. The number of alkyl carbamates (subject to hydrolysis) is 1. The van der Waals surface area contributed by atoms with Gasteiger partial charge in [-0.2, -0.15) is 0 Å². The summed E-state index contributed by atoms with van der Waals surface area (Å²) >= 11 is 0. The van der Waals surface area contributed by atoms with Crippen molar-refractivity contribution in [2.75, 3.05) is 32.1 Å². The molecule has 0 spiro atoms. The maximum atomic E-state index is 13.9. The summed E-state index contributed by atoms with van der Waals surface area (Å²) in [5.74, 6) is -1.11. The molecule has 0 bridgehead atoms. The van der Waals surface area contributed by atoms with Gasteiger partial charge in [0.2, 0.25) is 11.8 Å². The number of likely N-dealkylation sites (tertiary alicyclic amines) is 2. The van der Waals surface area contributed by atoms with E-state index in [9.17, 15) is 24.0 Å². The number of carbonyl (C=O) groups is 5. The Labute approximate surface area is 271 Å². The number of nitrogens with one attached hydrogen (secondary N) is 2. The third-order valence-corrected chi connectivity index (χ3v) is 8.46. The summed E-state index contributed by atoms with van der Waals surface area (Å²) in [7, 11) is 3.83. The molecule has 2 N–H and O–H groups in total. The Hall–Kier alpha value is -4.41. The quantitative estimate of drug-likeness (QED) is 0.366. The predicted octanol–water partition coefficient (Wildman–Crippen LogP) is 3.62. The Morgan fingerprint density at radius 2 is 1.43 bits per heavy atom. The van der Waals surface area contributed by atoms with E-state index in [1.807, 2.05) is 89.2 Å². The van der Waals surface area contributed by atoms with E-state index in [1.54, 1.807) is 12.1 Å². The van der Waals surface area contributed by atoms with E-state index in [1.165, 1.54) is 9.80 Å². The molecule has 0 radical (unpaired) electrons. The van der Waals surface area contributed by atoms with Crippen LogP contribution in [0.4, 0.5) is 10.5 Å². The number of benzene rings is 2. The third kappa shape index (κ3) is 8.44. The van der Waals surface area contributed by atoms with Gasteiger partial charge in [0, 0.05) is 31.9 Å². The fraction of sp³-hybridized carbons (Fsp3) is 0.514. The molecular formula is C35H47N5O6. The average molecular weight is 634 g/mol. The molecule has 2 aromatic carbocycles. The molecule has 1 unspecified atom stereocenters. The Bertz CT molecular complexity index is 1390. The second-order valence-corrected chi connectivity index (χ2v) is 13.3. The van der Waals surface area contributed by atoms with Crippen molar-refractivity contribution in [3.8, 4) is 0 Å². The topological polar surface area (TPSA) is 128 Å². The predicted molar refractivity (Wildman–Crippen MR) is 175 cm³/mol. The molecule has 46 heavy (non-hydrogen) atoms. The number of fused-ring (bicyclic) bond motifs is 1. The first-order valence-electron chi connectivity index (χ1n) is 16.0. The van der Waals surface area contributed by atoms with E-state index >= 15 is 0 Å². The van der Waals surface area contributed by atoms with Crippen LogP contribution in [-0.2, 0) is 25.7 Å². The second kappa shape index (κ2) is 15.2. The van der Waals surface area contributed by atoms with Crippen LogP contribution in [-0.4, -0.2) is 90.8 Å². The molecule has 0 aliphatic carbocycles. The summed E-state index contributed by atoms with van der Waals surface area (Å²) in [6, 6.07) is 13.4. The van der Waals surface area contributed by atoms with Gasteiger partial charge in [0.1, 0.15) is 24.7 Å². The molecule has 2 aliphatic rings. The Balaban J connectivity index is 1.44.